The summed E-state index contributed by atoms with van der Waals surface area (Å²) in [5.74, 6) is 0. The number of aromatic nitrogens is 1. The molecule has 3 nitrogen and oxygen atoms in total. The van der Waals surface area contributed by atoms with Crippen molar-refractivity contribution in [3.63, 3.8) is 0 Å². The molecule has 1 aromatic heterocycles. The summed E-state index contributed by atoms with van der Waals surface area (Å²) in [5.41, 5.74) is 8.01. The fraction of sp³-hybridized carbons (Fsp3) is 0.143. The maximum absolute atomic E-state index is 5.54. The standard InChI is InChI=1S/C42H36N3P.Ir/c1-2-15-41-42-27-14-26-40(45-42)36-23-10-12-25-39(36)43-37(32-17-13-16-31(30-32)35-22-9-11-24-38(35)44-41)28-29-46(33-18-5-3-6-19-33)34-20-7-4-8-21-34;/h3-14,16-27,37,41H,1-2,15,28-29H2;/q-4;/p+1. The van der Waals surface area contributed by atoms with E-state index in [9.17, 15) is 0 Å². The van der Waals surface area contributed by atoms with Crippen LogP contribution >= 0.6 is 7.92 Å². The quantitative estimate of drug-likeness (QED) is 0.117. The molecule has 47 heavy (non-hydrogen) atoms. The van der Waals surface area contributed by atoms with Gasteiger partial charge in [0.15, 0.2) is 0 Å². The van der Waals surface area contributed by atoms with Crippen LogP contribution in [0.5, 0.6) is 0 Å². The second-order valence-corrected chi connectivity index (χ2v) is 14.3. The van der Waals surface area contributed by atoms with Crippen molar-refractivity contribution in [1.29, 1.82) is 0 Å². The summed E-state index contributed by atoms with van der Waals surface area (Å²) >= 11 is 0. The van der Waals surface area contributed by atoms with Crippen molar-refractivity contribution >= 4 is 29.9 Å². The number of pyridine rings is 1. The summed E-state index contributed by atoms with van der Waals surface area (Å²) in [6.45, 7) is 4.16. The van der Waals surface area contributed by atoms with Gasteiger partial charge in [-0.25, -0.2) is 0 Å². The van der Waals surface area contributed by atoms with Crippen LogP contribution in [-0.2, 0) is 20.1 Å². The largest absolute Gasteiger partial charge is 0.684 e. The minimum atomic E-state index is -1.04. The van der Waals surface area contributed by atoms with E-state index < -0.39 is 7.92 Å². The summed E-state index contributed by atoms with van der Waals surface area (Å²) in [5, 5.41) is 13.7. The van der Waals surface area contributed by atoms with Gasteiger partial charge in [0.2, 0.25) is 0 Å². The van der Waals surface area contributed by atoms with Gasteiger partial charge in [-0.05, 0) is 48.4 Å². The zero-order chi connectivity index (χ0) is 31.1. The molecular weight excluding hydrogens is 770 g/mol. The molecular formula is C42H37IrN3P-3. The molecule has 0 saturated carbocycles. The topological polar surface area (TPSA) is 41.1 Å². The van der Waals surface area contributed by atoms with Crippen LogP contribution in [0.4, 0.5) is 11.4 Å². The smallest absolute Gasteiger partial charge is 0.0966 e. The Kier molecular flexibility index (Phi) is 11.0. The van der Waals surface area contributed by atoms with E-state index in [-0.39, 0.29) is 32.2 Å². The van der Waals surface area contributed by atoms with Crippen LogP contribution in [0.3, 0.4) is 0 Å². The van der Waals surface area contributed by atoms with Crippen molar-refractivity contribution in [2.24, 2.45) is 0 Å². The van der Waals surface area contributed by atoms with Gasteiger partial charge >= 0.3 is 0 Å². The Morgan fingerprint density at radius 1 is 0.596 bits per heavy atom. The molecule has 2 heterocycles. The average Bonchev–Trinajstić information content (AvgIpc) is 3.12. The van der Waals surface area contributed by atoms with Gasteiger partial charge in [-0.15, -0.1) is 52.7 Å². The number of rotatable bonds is 7. The van der Waals surface area contributed by atoms with E-state index in [0.717, 1.165) is 70.4 Å². The van der Waals surface area contributed by atoms with Crippen molar-refractivity contribution in [1.82, 2.24) is 4.98 Å². The van der Waals surface area contributed by atoms with Crippen molar-refractivity contribution in [3.05, 3.63) is 180 Å². The molecule has 5 aromatic carbocycles. The van der Waals surface area contributed by atoms with Crippen LogP contribution < -0.4 is 10.6 Å². The fourth-order valence-corrected chi connectivity index (χ4v) is 9.02. The monoisotopic (exact) mass is 807 g/mol. The minimum Gasteiger partial charge on any atom is -0.684 e. The van der Waals surface area contributed by atoms with Crippen LogP contribution in [0.1, 0.15) is 42.6 Å². The molecule has 1 radical (unpaired) electrons. The van der Waals surface area contributed by atoms with Gasteiger partial charge in [-0.3, -0.25) is 4.98 Å². The third-order valence-corrected chi connectivity index (χ3v) is 11.5. The maximum atomic E-state index is 5.54. The first-order valence-corrected chi connectivity index (χ1v) is 17.8. The van der Waals surface area contributed by atoms with Crippen LogP contribution in [0.15, 0.2) is 146 Å². The summed E-state index contributed by atoms with van der Waals surface area (Å²) in [6.07, 6.45) is 3.53. The molecule has 6 aromatic rings. The molecule has 0 N–H and O–H groups in total. The van der Waals surface area contributed by atoms with E-state index in [1.165, 1.54) is 10.6 Å². The summed E-state index contributed by atoms with van der Waals surface area (Å²) in [6, 6.07) is 55.2. The summed E-state index contributed by atoms with van der Waals surface area (Å²) in [4.78, 5) is 5.20. The summed E-state index contributed by atoms with van der Waals surface area (Å²) < 4.78 is 0. The summed E-state index contributed by atoms with van der Waals surface area (Å²) in [7, 11) is -1.04. The van der Waals surface area contributed by atoms with E-state index in [1.54, 1.807) is 0 Å². The van der Waals surface area contributed by atoms with Crippen molar-refractivity contribution in [2.45, 2.75) is 31.3 Å². The zero-order valence-corrected chi connectivity index (χ0v) is 29.6. The number of nitrogens with zero attached hydrogens (tertiary/aromatic N) is 3. The number of hydrogen-bond acceptors (Lipinski definition) is 1. The average molecular weight is 807 g/mol. The maximum Gasteiger partial charge on any atom is 0.0966 e. The van der Waals surface area contributed by atoms with Gasteiger partial charge in [-0.2, -0.15) is 12.1 Å². The molecule has 237 valence electrons. The van der Waals surface area contributed by atoms with E-state index in [4.69, 9.17) is 15.6 Å². The van der Waals surface area contributed by atoms with Crippen LogP contribution in [0.2, 0.25) is 0 Å². The molecule has 5 heteroatoms. The number of para-hydroxylation sites is 2. The molecule has 0 fully saturated rings. The van der Waals surface area contributed by atoms with Gasteiger partial charge in [-0.1, -0.05) is 103 Å². The first-order chi connectivity index (χ1) is 22.8. The van der Waals surface area contributed by atoms with Crippen LogP contribution in [-0.4, -0.2) is 11.1 Å². The van der Waals surface area contributed by atoms with Gasteiger partial charge in [0.1, 0.15) is 0 Å². The Bertz CT molecular complexity index is 1860. The van der Waals surface area contributed by atoms with E-state index in [2.05, 4.69) is 159 Å². The second-order valence-electron chi connectivity index (χ2n) is 11.7. The normalized spacial score (nSPS) is 15.2. The third kappa shape index (κ3) is 7.58. The SMILES string of the molecule is [CH2-]CCC1[N-]c2ccccc2-c2[c-]c(ccc2)C(CC[PH+](c2ccccc2)c2ccccc2)[N-]c2ccccc2-c2cccc1n2.[Ir]. The van der Waals surface area contributed by atoms with Gasteiger partial charge in [0.05, 0.1) is 30.4 Å². The first kappa shape index (κ1) is 32.9. The minimum absolute atomic E-state index is 0. The third-order valence-electron chi connectivity index (χ3n) is 8.64. The molecule has 1 aliphatic rings. The molecule has 0 aliphatic carbocycles. The van der Waals surface area contributed by atoms with Crippen LogP contribution in [0.25, 0.3) is 33.0 Å². The van der Waals surface area contributed by atoms with E-state index in [0.29, 0.717) is 0 Å². The van der Waals surface area contributed by atoms with E-state index in [1.807, 2.05) is 0 Å². The molecule has 0 saturated heterocycles. The van der Waals surface area contributed by atoms with Crippen molar-refractivity contribution in [3.8, 4) is 22.4 Å². The number of fused-ring (bicyclic) bond motifs is 8. The predicted octanol–water partition coefficient (Wildman–Crippen LogP) is 10.9. The Hall–Kier alpha value is -4.07. The number of benzene rings is 5. The van der Waals surface area contributed by atoms with Gasteiger partial charge in [0, 0.05) is 25.8 Å². The molecule has 4 bridgehead atoms. The molecule has 1 aliphatic heterocycles. The molecule has 0 amide bonds. The molecule has 2 atom stereocenters. The second kappa shape index (κ2) is 15.7. The fourth-order valence-electron chi connectivity index (χ4n) is 6.35. The van der Waals surface area contributed by atoms with E-state index >= 15 is 0 Å². The zero-order valence-electron chi connectivity index (χ0n) is 26.2. The Balaban J connectivity index is 0.00000386. The first-order valence-electron chi connectivity index (χ1n) is 16.1. The Morgan fingerprint density at radius 3 is 1.89 bits per heavy atom. The van der Waals surface area contributed by atoms with Crippen molar-refractivity contribution in [2.75, 3.05) is 6.16 Å². The van der Waals surface area contributed by atoms with Gasteiger partial charge in [0.25, 0.3) is 0 Å². The Labute approximate surface area is 294 Å². The molecule has 7 rings (SSSR count). The molecule has 0 spiro atoms. The Morgan fingerprint density at radius 2 is 1.19 bits per heavy atom. The van der Waals surface area contributed by atoms with Crippen molar-refractivity contribution < 1.29 is 20.1 Å². The van der Waals surface area contributed by atoms with Gasteiger partial charge < -0.3 is 17.6 Å². The van der Waals surface area contributed by atoms with Crippen LogP contribution in [0, 0.1) is 13.0 Å². The molecule has 2 unspecified atom stereocenters. The number of hydrogen-bond donors (Lipinski definition) is 0. The predicted molar refractivity (Wildman–Crippen MR) is 196 cm³/mol.